The summed E-state index contributed by atoms with van der Waals surface area (Å²) < 4.78 is 4.93. The lowest BCUT2D eigenvalue weighted by molar-refractivity contribution is -0.644. The number of rotatable bonds is 8. The SMILES string of the molecule is C=CCc1nc2cc(C)ccc2[n+]([O-])n1.CCc1nc2cc(C)ccc2[n+]([O-])n1.COCCc1nc2cc(C)ccc2[n+]([O-])n1.Cc1ccc2c(c1)nc(CCO)n[n+]2[O-].Cc1ccc2c(c1)nc(Cl)n[n+]2[O-]. The normalized spacial score (nSPS) is 10.7. The molecule has 5 heterocycles. The molecule has 0 saturated heterocycles. The minimum atomic E-state index is -0.0582. The van der Waals surface area contributed by atoms with Gasteiger partial charge in [0.05, 0.1) is 13.2 Å². The van der Waals surface area contributed by atoms with Gasteiger partial charge in [-0.25, -0.2) is 24.9 Å². The third-order valence-electron chi connectivity index (χ3n) is 10.4. The molecule has 0 bridgehead atoms. The van der Waals surface area contributed by atoms with Crippen molar-refractivity contribution in [2.45, 2.75) is 67.2 Å². The number of allylic oxidation sites excluding steroid dienone is 1. The molecule has 0 amide bonds. The lowest BCUT2D eigenvalue weighted by Gasteiger charge is -2.02. The summed E-state index contributed by atoms with van der Waals surface area (Å²) in [5.41, 5.74) is 10.9. The Bertz CT molecular complexity index is 3570. The maximum Gasteiger partial charge on any atom is 0.290 e. The lowest BCUT2D eigenvalue weighted by Crippen LogP contribution is -2.34. The van der Waals surface area contributed by atoms with Crippen molar-refractivity contribution < 1.29 is 34.1 Å². The largest absolute Gasteiger partial charge is 0.594 e. The van der Waals surface area contributed by atoms with Crippen LogP contribution in [0.1, 0.15) is 58.0 Å². The van der Waals surface area contributed by atoms with Crippen molar-refractivity contribution in [3.8, 4) is 0 Å². The van der Waals surface area contributed by atoms with E-state index in [-0.39, 0.29) is 11.9 Å². The Morgan fingerprint density at radius 3 is 1.16 bits per heavy atom. The number of halogens is 1. The fraction of sp³-hybridized carbons (Fsp3) is 0.260. The van der Waals surface area contributed by atoms with Crippen LogP contribution in [0, 0.1) is 60.7 Å². The van der Waals surface area contributed by atoms with Crippen LogP contribution in [0.25, 0.3) is 55.2 Å². The Labute approximate surface area is 423 Å². The van der Waals surface area contributed by atoms with E-state index in [0.29, 0.717) is 135 Å². The van der Waals surface area contributed by atoms with Crippen LogP contribution in [-0.4, -0.2) is 75.8 Å². The molecule has 5 aromatic carbocycles. The highest BCUT2D eigenvalue weighted by Gasteiger charge is 2.14. The molecular formula is C50H52ClN15O7. The second kappa shape index (κ2) is 25.0. The molecule has 0 fully saturated rings. The zero-order valence-electron chi connectivity index (χ0n) is 41.2. The van der Waals surface area contributed by atoms with E-state index in [4.69, 9.17) is 21.4 Å². The quantitative estimate of drug-likeness (QED) is 0.124. The van der Waals surface area contributed by atoms with Gasteiger partial charge in [-0.3, -0.25) is 0 Å². The zero-order valence-corrected chi connectivity index (χ0v) is 41.9. The van der Waals surface area contributed by atoms with Crippen LogP contribution < -0.4 is 24.2 Å². The molecule has 0 aliphatic heterocycles. The third kappa shape index (κ3) is 14.5. The van der Waals surface area contributed by atoms with E-state index in [9.17, 15) is 26.0 Å². The fourth-order valence-electron chi connectivity index (χ4n) is 6.83. The first-order chi connectivity index (χ1) is 35.0. The Balaban J connectivity index is 0.000000149. The van der Waals surface area contributed by atoms with Crippen LogP contribution in [-0.2, 0) is 30.4 Å². The van der Waals surface area contributed by atoms with E-state index in [1.165, 1.54) is 0 Å². The fourth-order valence-corrected chi connectivity index (χ4v) is 6.99. The molecular weight excluding hydrogens is 958 g/mol. The van der Waals surface area contributed by atoms with Crippen molar-refractivity contribution in [1.82, 2.24) is 50.4 Å². The number of aryl methyl sites for hydroxylation is 6. The molecule has 10 aromatic rings. The Kier molecular flexibility index (Phi) is 18.4. The molecule has 0 saturated carbocycles. The van der Waals surface area contributed by atoms with Gasteiger partial charge in [0.25, 0.3) is 32.9 Å². The average Bonchev–Trinajstić information content (AvgIpc) is 3.33. The van der Waals surface area contributed by atoms with E-state index in [2.05, 4.69) is 57.0 Å². The van der Waals surface area contributed by atoms with Crippen LogP contribution in [0.3, 0.4) is 0 Å². The number of methoxy groups -OCH3 is 1. The van der Waals surface area contributed by atoms with Gasteiger partial charge in [-0.15, -0.1) is 6.58 Å². The van der Waals surface area contributed by atoms with Crippen molar-refractivity contribution in [2.24, 2.45) is 0 Å². The van der Waals surface area contributed by atoms with Gasteiger partial charge in [-0.05, 0) is 129 Å². The highest BCUT2D eigenvalue weighted by molar-refractivity contribution is 6.28. The number of ether oxygens (including phenoxy) is 1. The molecule has 0 atom stereocenters. The number of benzene rings is 5. The number of aliphatic hydroxyl groups is 1. The monoisotopic (exact) mass is 1010 g/mol. The molecule has 1 N–H and O–H groups in total. The smallest absolute Gasteiger partial charge is 0.290 e. The molecule has 22 nitrogen and oxygen atoms in total. The first-order valence-electron chi connectivity index (χ1n) is 22.7. The number of nitrogens with zero attached hydrogens (tertiary/aromatic N) is 15. The first kappa shape index (κ1) is 53.7. The highest BCUT2D eigenvalue weighted by Crippen LogP contribution is 2.14. The molecule has 0 radical (unpaired) electrons. The first-order valence-corrected chi connectivity index (χ1v) is 23.1. The second-order valence-corrected chi connectivity index (χ2v) is 16.7. The van der Waals surface area contributed by atoms with E-state index in [0.717, 1.165) is 27.8 Å². The number of aromatic nitrogens is 15. The van der Waals surface area contributed by atoms with Crippen LogP contribution >= 0.6 is 11.6 Å². The number of hydrogen-bond donors (Lipinski definition) is 1. The van der Waals surface area contributed by atoms with Crippen LogP contribution in [0.15, 0.2) is 104 Å². The summed E-state index contributed by atoms with van der Waals surface area (Å²) in [7, 11) is 1.61. The van der Waals surface area contributed by atoms with Gasteiger partial charge in [0, 0.05) is 88.6 Å². The van der Waals surface area contributed by atoms with E-state index >= 15 is 0 Å². The summed E-state index contributed by atoms with van der Waals surface area (Å²) in [6.07, 6.45) is 3.70. The summed E-state index contributed by atoms with van der Waals surface area (Å²) in [6, 6.07) is 27.1. The predicted octanol–water partition coefficient (Wildman–Crippen LogP) is 4.53. The summed E-state index contributed by atoms with van der Waals surface area (Å²) in [6.45, 7) is 15.7. The highest BCUT2D eigenvalue weighted by atomic mass is 35.5. The van der Waals surface area contributed by atoms with Crippen molar-refractivity contribution in [2.75, 3.05) is 20.3 Å². The van der Waals surface area contributed by atoms with Gasteiger partial charge < -0.3 is 35.9 Å². The molecule has 10 rings (SSSR count). The number of aliphatic hydroxyl groups excluding tert-OH is 1. The zero-order chi connectivity index (χ0) is 52.8. The lowest BCUT2D eigenvalue weighted by atomic mass is 10.2. The topological polar surface area (TPSA) is 293 Å². The minimum absolute atomic E-state index is 0.0342. The van der Waals surface area contributed by atoms with Gasteiger partial charge in [-0.1, -0.05) is 43.3 Å². The van der Waals surface area contributed by atoms with Gasteiger partial charge in [0.1, 0.15) is 27.6 Å². The van der Waals surface area contributed by atoms with Gasteiger partial charge in [-0.2, -0.15) is 0 Å². The van der Waals surface area contributed by atoms with Crippen molar-refractivity contribution in [3.05, 3.63) is 186 Å². The van der Waals surface area contributed by atoms with Crippen molar-refractivity contribution in [1.29, 1.82) is 0 Å². The van der Waals surface area contributed by atoms with Crippen LogP contribution in [0.4, 0.5) is 0 Å². The Morgan fingerprint density at radius 2 is 0.808 bits per heavy atom. The van der Waals surface area contributed by atoms with E-state index in [1.807, 2.05) is 96.1 Å². The van der Waals surface area contributed by atoms with E-state index in [1.54, 1.807) is 49.6 Å². The average molecular weight is 1010 g/mol. The summed E-state index contributed by atoms with van der Waals surface area (Å²) in [4.78, 5) is 23.9. The van der Waals surface area contributed by atoms with Gasteiger partial charge >= 0.3 is 0 Å². The van der Waals surface area contributed by atoms with E-state index < -0.39 is 0 Å². The standard InChI is InChI=1S/C11H13N3O2.C11H11N3O.C10H11N3O2.C10H11N3O.C8H6ClN3O/c1-8-3-4-10-9(7-8)12-11(5-6-16-2)13-14(10)15;1-3-4-11-12-9-7-8(2)5-6-10(9)14(15)13-11;1-7-2-3-9-8(6-7)11-10(4-5-14)12-13(9)15;1-3-10-11-8-6-7(2)4-5-9(8)13(14)12-10;1-5-2-3-7-6(4-5)10-8(9)11-12(7)13/h3-4,7H,5-6H2,1-2H3;3,5-7H,1,4H2,2H3;2-3,6,14H,4-5H2,1H3;4-6H,3H2,1-2H3;2-4H,1H3. The molecule has 5 aromatic heterocycles. The molecule has 0 aliphatic carbocycles. The second-order valence-electron chi connectivity index (χ2n) is 16.4. The van der Waals surface area contributed by atoms with Crippen molar-refractivity contribution >= 4 is 66.8 Å². The van der Waals surface area contributed by atoms with Gasteiger partial charge in [0.15, 0.2) is 11.6 Å². The maximum atomic E-state index is 11.6. The summed E-state index contributed by atoms with van der Waals surface area (Å²) in [5, 5.41) is 84.5. The van der Waals surface area contributed by atoms with Crippen LogP contribution in [0.2, 0.25) is 5.28 Å². The molecule has 376 valence electrons. The Hall–Kier alpha value is -8.60. The molecule has 23 heteroatoms. The maximum absolute atomic E-state index is 11.6. The number of fused-ring (bicyclic) bond motifs is 5. The number of hydrogen-bond acceptors (Lipinski definition) is 17. The summed E-state index contributed by atoms with van der Waals surface area (Å²) >= 11 is 5.53. The van der Waals surface area contributed by atoms with Crippen LogP contribution in [0.5, 0.6) is 0 Å². The molecule has 0 unspecified atom stereocenters. The predicted molar refractivity (Wildman–Crippen MR) is 271 cm³/mol. The minimum Gasteiger partial charge on any atom is -0.594 e. The molecule has 0 spiro atoms. The van der Waals surface area contributed by atoms with Gasteiger partial charge in [0.2, 0.25) is 11.6 Å². The Morgan fingerprint density at radius 1 is 0.493 bits per heavy atom. The third-order valence-corrected chi connectivity index (χ3v) is 10.6. The summed E-state index contributed by atoms with van der Waals surface area (Å²) in [5.74, 6) is 1.96. The molecule has 73 heavy (non-hydrogen) atoms. The van der Waals surface area contributed by atoms with Crippen molar-refractivity contribution in [3.63, 3.8) is 0 Å². The molecule has 0 aliphatic rings.